The Hall–Kier alpha value is -3.19. The Bertz CT molecular complexity index is 1300. The lowest BCUT2D eigenvalue weighted by Gasteiger charge is -2.52. The molecule has 4 N–H and O–H groups in total. The van der Waals surface area contributed by atoms with Gasteiger partial charge in [0.15, 0.2) is 34.7 Å². The molecule has 0 radical (unpaired) electrons. The number of Topliss-reactive ketones (excluding diaryl/α,β-unsaturated/α-hetero) is 4. The minimum absolute atomic E-state index is 0.0149. The third-order valence-corrected chi connectivity index (χ3v) is 9.10. The first kappa shape index (κ1) is 28.3. The molecule has 6 atom stereocenters. The van der Waals surface area contributed by atoms with Gasteiger partial charge < -0.3 is 25.6 Å². The normalized spacial score (nSPS) is 32.5. The van der Waals surface area contributed by atoms with Crippen molar-refractivity contribution >= 4 is 34.7 Å². The van der Waals surface area contributed by atoms with E-state index in [-0.39, 0.29) is 24.2 Å². The maximum Gasteiger partial charge on any atom is 0.235 e. The average Bonchev–Trinajstić information content (AvgIpc) is 2.87. The van der Waals surface area contributed by atoms with E-state index in [2.05, 4.69) is 4.90 Å². The zero-order valence-electron chi connectivity index (χ0n) is 23.2. The minimum atomic E-state index is -2.73. The van der Waals surface area contributed by atoms with Gasteiger partial charge >= 0.3 is 0 Å². The zero-order valence-corrected chi connectivity index (χ0v) is 23.2. The van der Waals surface area contributed by atoms with Gasteiger partial charge in [-0.2, -0.15) is 0 Å². The van der Waals surface area contributed by atoms with Crippen LogP contribution in [0.3, 0.4) is 0 Å². The highest BCUT2D eigenvalue weighted by molar-refractivity contribution is 6.32. The molecule has 1 heterocycles. The fourth-order valence-electron chi connectivity index (χ4n) is 7.23. The van der Waals surface area contributed by atoms with Crippen LogP contribution in [-0.4, -0.2) is 115 Å². The van der Waals surface area contributed by atoms with Gasteiger partial charge in [-0.15, -0.1) is 0 Å². The Morgan fingerprint density at radius 2 is 1.77 bits per heavy atom. The molecule has 12 heteroatoms. The van der Waals surface area contributed by atoms with Crippen molar-refractivity contribution in [2.24, 2.45) is 29.4 Å². The van der Waals surface area contributed by atoms with Crippen LogP contribution >= 0.6 is 0 Å². The van der Waals surface area contributed by atoms with E-state index in [0.29, 0.717) is 44.0 Å². The number of primary amides is 1. The number of nitrogens with two attached hydrogens (primary N) is 1. The smallest absolute Gasteiger partial charge is 0.235 e. The number of carbonyl (C=O) groups excluding carboxylic acids is 5. The van der Waals surface area contributed by atoms with Crippen LogP contribution in [0.4, 0.5) is 5.69 Å². The van der Waals surface area contributed by atoms with Crippen LogP contribution in [0, 0.1) is 23.7 Å². The van der Waals surface area contributed by atoms with Crippen LogP contribution in [-0.2, 0) is 36.9 Å². The number of fused-ring (bicyclic) bond motifs is 3. The van der Waals surface area contributed by atoms with Gasteiger partial charge in [0.1, 0.15) is 5.75 Å². The number of aromatic hydroxyl groups is 1. The van der Waals surface area contributed by atoms with Crippen molar-refractivity contribution in [1.29, 1.82) is 0 Å². The topological polar surface area (TPSA) is 171 Å². The SMILES string of the molecule is CN(C)c1cc(CN2CCOCC2)c(O)c2c1C[C@H]1C[C@H]3[C@H](N(C)C)C(=O)C(C(N)=O)C(=O)[C@@]3(O)C(=O)C1C2=O. The van der Waals surface area contributed by atoms with Crippen LogP contribution in [0.25, 0.3) is 0 Å². The van der Waals surface area contributed by atoms with Gasteiger partial charge in [0, 0.05) is 50.9 Å². The number of nitrogens with zero attached hydrogens (tertiary/aromatic N) is 3. The lowest BCUT2D eigenvalue weighted by atomic mass is 9.52. The highest BCUT2D eigenvalue weighted by atomic mass is 16.5. The fraction of sp³-hybridized carbons (Fsp3) is 0.607. The van der Waals surface area contributed by atoms with Crippen molar-refractivity contribution in [2.75, 3.05) is 59.4 Å². The van der Waals surface area contributed by atoms with Gasteiger partial charge in [-0.1, -0.05) is 0 Å². The molecular formula is C28H36N4O8. The van der Waals surface area contributed by atoms with Crippen LogP contribution in [0.15, 0.2) is 6.07 Å². The molecule has 3 fully saturated rings. The van der Waals surface area contributed by atoms with Gasteiger partial charge in [-0.05, 0) is 44.5 Å². The summed E-state index contributed by atoms with van der Waals surface area (Å²) in [6.07, 6.45) is 0.248. The number of aliphatic hydroxyl groups is 1. The summed E-state index contributed by atoms with van der Waals surface area (Å²) in [4.78, 5) is 72.4. The second-order valence-corrected chi connectivity index (χ2v) is 11.8. The van der Waals surface area contributed by atoms with Crippen molar-refractivity contribution < 1.29 is 38.9 Å². The second-order valence-electron chi connectivity index (χ2n) is 11.8. The maximum atomic E-state index is 14.1. The summed E-state index contributed by atoms with van der Waals surface area (Å²) in [6.45, 7) is 2.80. The number of benzene rings is 1. The maximum absolute atomic E-state index is 14.1. The number of ketones is 4. The standard InChI is InChI=1S/C28H36N4O8/c1-30(2)17-11-14(12-32-5-7-40-8-6-32)22(33)19-15(17)9-13-10-16-21(31(3)4)24(35)20(27(29)38)26(37)28(16,39)25(36)18(13)23(19)34/h11,13,16,18,20-21,33,39H,5-10,12H2,1-4H3,(H2,29,38)/t13-,16-,18?,20?,21-,28-/m0/s1. The number of phenols is 1. The average molecular weight is 557 g/mol. The van der Waals surface area contributed by atoms with E-state index >= 15 is 0 Å². The van der Waals surface area contributed by atoms with E-state index in [1.54, 1.807) is 14.1 Å². The summed E-state index contributed by atoms with van der Waals surface area (Å²) in [7, 11) is 6.79. The predicted octanol–water partition coefficient (Wildman–Crippen LogP) is -1.23. The molecule has 1 amide bonds. The lowest BCUT2D eigenvalue weighted by Crippen LogP contribution is -2.74. The Kier molecular flexibility index (Phi) is 7.10. The van der Waals surface area contributed by atoms with Crippen molar-refractivity contribution in [3.05, 3.63) is 22.8 Å². The lowest BCUT2D eigenvalue weighted by molar-refractivity contribution is -0.181. The van der Waals surface area contributed by atoms with Crippen LogP contribution in [0.1, 0.15) is 27.9 Å². The predicted molar refractivity (Wildman–Crippen MR) is 142 cm³/mol. The largest absolute Gasteiger partial charge is 0.507 e. The monoisotopic (exact) mass is 556 g/mol. The van der Waals surface area contributed by atoms with Crippen molar-refractivity contribution in [3.63, 3.8) is 0 Å². The zero-order chi connectivity index (χ0) is 29.3. The molecule has 1 aromatic carbocycles. The highest BCUT2D eigenvalue weighted by Gasteiger charge is 2.69. The molecule has 1 aromatic rings. The molecule has 0 spiro atoms. The Balaban J connectivity index is 1.61. The number of hydrogen-bond donors (Lipinski definition) is 3. The van der Waals surface area contributed by atoms with Crippen LogP contribution < -0.4 is 10.6 Å². The minimum Gasteiger partial charge on any atom is -0.507 e. The molecule has 2 unspecified atom stereocenters. The number of anilines is 1. The number of morpholine rings is 1. The quantitative estimate of drug-likeness (QED) is 0.371. The molecule has 4 aliphatic rings. The summed E-state index contributed by atoms with van der Waals surface area (Å²) < 4.78 is 5.41. The number of amides is 1. The van der Waals surface area contributed by atoms with Gasteiger partial charge in [0.05, 0.1) is 30.7 Å². The number of likely N-dealkylation sites (N-methyl/N-ethyl adjacent to an activating group) is 1. The first-order chi connectivity index (χ1) is 18.8. The van der Waals surface area contributed by atoms with E-state index in [0.717, 1.165) is 5.69 Å². The Morgan fingerprint density at radius 1 is 1.12 bits per heavy atom. The van der Waals surface area contributed by atoms with Crippen LogP contribution in [0.2, 0.25) is 0 Å². The molecule has 5 rings (SSSR count). The molecule has 1 saturated heterocycles. The molecule has 1 aliphatic heterocycles. The van der Waals surface area contributed by atoms with Crippen molar-refractivity contribution in [1.82, 2.24) is 9.80 Å². The number of ether oxygens (including phenoxy) is 1. The summed E-state index contributed by atoms with van der Waals surface area (Å²) >= 11 is 0. The molecule has 2 saturated carbocycles. The Morgan fingerprint density at radius 3 is 2.35 bits per heavy atom. The molecule has 3 aliphatic carbocycles. The second kappa shape index (κ2) is 10.0. The van der Waals surface area contributed by atoms with E-state index in [1.807, 2.05) is 25.1 Å². The molecular weight excluding hydrogens is 520 g/mol. The van der Waals surface area contributed by atoms with Gasteiger partial charge in [0.2, 0.25) is 5.91 Å². The molecule has 0 bridgehead atoms. The van der Waals surface area contributed by atoms with E-state index in [1.165, 1.54) is 4.90 Å². The summed E-state index contributed by atoms with van der Waals surface area (Å²) in [5.41, 5.74) is 4.50. The Labute approximate surface area is 232 Å². The van der Waals surface area contributed by atoms with Gasteiger partial charge in [-0.3, -0.25) is 33.8 Å². The van der Waals surface area contributed by atoms with E-state index in [4.69, 9.17) is 10.5 Å². The number of phenolic OH excluding ortho intramolecular Hbond substituents is 1. The molecule has 12 nitrogen and oxygen atoms in total. The third-order valence-electron chi connectivity index (χ3n) is 9.10. The van der Waals surface area contributed by atoms with Gasteiger partial charge in [0.25, 0.3) is 0 Å². The summed E-state index contributed by atoms with van der Waals surface area (Å²) in [5.74, 6) is -10.4. The number of rotatable bonds is 5. The highest BCUT2D eigenvalue weighted by Crippen LogP contribution is 2.52. The number of hydrogen-bond acceptors (Lipinski definition) is 11. The van der Waals surface area contributed by atoms with Crippen LogP contribution in [0.5, 0.6) is 5.75 Å². The first-order valence-electron chi connectivity index (χ1n) is 13.5. The first-order valence-corrected chi connectivity index (χ1v) is 13.5. The third kappa shape index (κ3) is 4.08. The van der Waals surface area contributed by atoms with Crippen molar-refractivity contribution in [3.8, 4) is 5.75 Å². The van der Waals surface area contributed by atoms with Crippen molar-refractivity contribution in [2.45, 2.75) is 31.0 Å². The fourth-order valence-corrected chi connectivity index (χ4v) is 7.23. The summed E-state index contributed by atoms with van der Waals surface area (Å²) in [6, 6.07) is 0.727. The van der Waals surface area contributed by atoms with Gasteiger partial charge in [-0.25, -0.2) is 0 Å². The summed E-state index contributed by atoms with van der Waals surface area (Å²) in [5, 5.41) is 23.1. The molecule has 40 heavy (non-hydrogen) atoms. The number of carbonyl (C=O) groups is 5. The van der Waals surface area contributed by atoms with E-state index in [9.17, 15) is 34.2 Å². The van der Waals surface area contributed by atoms with E-state index < -0.39 is 64.4 Å². The molecule has 0 aromatic heterocycles. The molecule has 216 valence electrons.